The third kappa shape index (κ3) is 2.74. The van der Waals surface area contributed by atoms with E-state index in [0.29, 0.717) is 36.2 Å². The van der Waals surface area contributed by atoms with Crippen LogP contribution in [0.2, 0.25) is 0 Å². The number of ether oxygens (including phenoxy) is 2. The number of esters is 1. The van der Waals surface area contributed by atoms with E-state index in [-0.39, 0.29) is 12.2 Å². The predicted molar refractivity (Wildman–Crippen MR) is 77.7 cm³/mol. The van der Waals surface area contributed by atoms with Gasteiger partial charge in [0, 0.05) is 30.8 Å². The van der Waals surface area contributed by atoms with Gasteiger partial charge in [0.25, 0.3) is 0 Å². The summed E-state index contributed by atoms with van der Waals surface area (Å²) in [6, 6.07) is 5.68. The Morgan fingerprint density at radius 1 is 1.35 bits per heavy atom. The number of methoxy groups -OCH3 is 1. The molecule has 0 radical (unpaired) electrons. The highest BCUT2D eigenvalue weighted by molar-refractivity contribution is 5.98. The Kier molecular flexibility index (Phi) is 3.93. The van der Waals surface area contributed by atoms with Crippen LogP contribution < -0.4 is 0 Å². The van der Waals surface area contributed by atoms with Crippen molar-refractivity contribution in [1.82, 2.24) is 0 Å². The van der Waals surface area contributed by atoms with Crippen molar-refractivity contribution in [3.8, 4) is 0 Å². The summed E-state index contributed by atoms with van der Waals surface area (Å²) in [4.78, 5) is 24.2. The van der Waals surface area contributed by atoms with E-state index < -0.39 is 23.5 Å². The predicted octanol–water partition coefficient (Wildman–Crippen LogP) is 2.20. The Morgan fingerprint density at radius 3 is 2.70 bits per heavy atom. The number of aliphatic hydroxyl groups is 1. The number of hydrogen-bond donors (Lipinski definition) is 1. The Bertz CT molecular complexity index is 679. The first-order valence-electron chi connectivity index (χ1n) is 7.46. The lowest BCUT2D eigenvalue weighted by Gasteiger charge is -2.39. The number of carbonyl (C=O) groups excluding carboxylic acids is 2. The molecule has 5 nitrogen and oxygen atoms in total. The molecule has 1 aromatic carbocycles. The fourth-order valence-corrected chi connectivity index (χ4v) is 3.22. The van der Waals surface area contributed by atoms with Crippen molar-refractivity contribution in [2.75, 3.05) is 7.11 Å². The molecule has 1 heterocycles. The summed E-state index contributed by atoms with van der Waals surface area (Å²) in [5.41, 5.74) is 1.12. The van der Waals surface area contributed by atoms with Crippen LogP contribution in [0.5, 0.6) is 0 Å². The monoisotopic (exact) mass is 320 g/mol. The van der Waals surface area contributed by atoms with Crippen molar-refractivity contribution in [2.24, 2.45) is 0 Å². The largest absolute Gasteiger partial charge is 0.464 e. The zero-order chi connectivity index (χ0) is 16.6. The van der Waals surface area contributed by atoms with E-state index in [0.717, 1.165) is 7.11 Å². The SMILES string of the molecule is COC(=O)C1(O)C[C@@H](c2ccc(F)cc2)C2=C(CCCC2=O)O1. The Labute approximate surface area is 132 Å². The van der Waals surface area contributed by atoms with E-state index in [1.807, 2.05) is 0 Å². The van der Waals surface area contributed by atoms with Crippen molar-refractivity contribution in [3.05, 3.63) is 47.0 Å². The lowest BCUT2D eigenvalue weighted by atomic mass is 9.77. The van der Waals surface area contributed by atoms with Crippen molar-refractivity contribution < 1.29 is 28.6 Å². The second kappa shape index (κ2) is 5.77. The summed E-state index contributed by atoms with van der Waals surface area (Å²) in [7, 11) is 1.16. The quantitative estimate of drug-likeness (QED) is 0.846. The zero-order valence-corrected chi connectivity index (χ0v) is 12.7. The van der Waals surface area contributed by atoms with Crippen LogP contribution in [-0.2, 0) is 19.1 Å². The van der Waals surface area contributed by atoms with E-state index in [9.17, 15) is 19.1 Å². The fraction of sp³-hybridized carbons (Fsp3) is 0.412. The van der Waals surface area contributed by atoms with Gasteiger partial charge in [-0.3, -0.25) is 4.79 Å². The molecule has 0 aromatic heterocycles. The van der Waals surface area contributed by atoms with Gasteiger partial charge in [0.05, 0.1) is 7.11 Å². The van der Waals surface area contributed by atoms with Crippen LogP contribution in [0.15, 0.2) is 35.6 Å². The van der Waals surface area contributed by atoms with Gasteiger partial charge in [-0.15, -0.1) is 0 Å². The van der Waals surface area contributed by atoms with E-state index >= 15 is 0 Å². The molecule has 1 aliphatic carbocycles. The van der Waals surface area contributed by atoms with E-state index in [1.54, 1.807) is 12.1 Å². The maximum atomic E-state index is 13.2. The van der Waals surface area contributed by atoms with Crippen molar-refractivity contribution in [1.29, 1.82) is 0 Å². The van der Waals surface area contributed by atoms with Crippen LogP contribution in [0.25, 0.3) is 0 Å². The number of allylic oxidation sites excluding steroid dienone is 2. The number of benzene rings is 1. The lowest BCUT2D eigenvalue weighted by molar-refractivity contribution is -0.222. The molecule has 0 bridgehead atoms. The summed E-state index contributed by atoms with van der Waals surface area (Å²) in [5, 5.41) is 10.5. The second-order valence-corrected chi connectivity index (χ2v) is 5.80. The topological polar surface area (TPSA) is 72.8 Å². The molecule has 122 valence electrons. The molecule has 2 atom stereocenters. The molecule has 0 saturated heterocycles. The molecule has 0 saturated carbocycles. The number of rotatable bonds is 2. The first-order valence-corrected chi connectivity index (χ1v) is 7.46. The van der Waals surface area contributed by atoms with Crippen LogP contribution in [0.3, 0.4) is 0 Å². The van der Waals surface area contributed by atoms with Gasteiger partial charge >= 0.3 is 11.8 Å². The molecule has 0 amide bonds. The van der Waals surface area contributed by atoms with Crippen LogP contribution in [0.1, 0.15) is 37.2 Å². The molecule has 1 aromatic rings. The normalized spacial score (nSPS) is 27.3. The van der Waals surface area contributed by atoms with Gasteiger partial charge in [-0.1, -0.05) is 12.1 Å². The number of halogens is 1. The zero-order valence-electron chi connectivity index (χ0n) is 12.7. The van der Waals surface area contributed by atoms with Gasteiger partial charge in [-0.2, -0.15) is 0 Å². The Morgan fingerprint density at radius 2 is 2.04 bits per heavy atom. The molecule has 1 unspecified atom stereocenters. The van der Waals surface area contributed by atoms with Crippen LogP contribution in [0.4, 0.5) is 4.39 Å². The van der Waals surface area contributed by atoms with E-state index in [2.05, 4.69) is 4.74 Å². The average Bonchev–Trinajstić information content (AvgIpc) is 2.54. The highest BCUT2D eigenvalue weighted by Gasteiger charge is 2.50. The molecular formula is C17H17FO5. The highest BCUT2D eigenvalue weighted by atomic mass is 19.1. The van der Waals surface area contributed by atoms with Crippen molar-refractivity contribution >= 4 is 11.8 Å². The molecule has 3 rings (SSSR count). The van der Waals surface area contributed by atoms with Crippen molar-refractivity contribution in [3.63, 3.8) is 0 Å². The van der Waals surface area contributed by atoms with Gasteiger partial charge in [0.1, 0.15) is 11.6 Å². The number of ketones is 1. The lowest BCUT2D eigenvalue weighted by Crippen LogP contribution is -2.47. The van der Waals surface area contributed by atoms with Crippen LogP contribution >= 0.6 is 0 Å². The van der Waals surface area contributed by atoms with Crippen molar-refractivity contribution in [2.45, 2.75) is 37.4 Å². The molecule has 0 fully saturated rings. The molecule has 23 heavy (non-hydrogen) atoms. The first-order chi connectivity index (χ1) is 10.9. The van der Waals surface area contributed by atoms with E-state index in [1.165, 1.54) is 12.1 Å². The summed E-state index contributed by atoms with van der Waals surface area (Å²) >= 11 is 0. The second-order valence-electron chi connectivity index (χ2n) is 5.80. The van der Waals surface area contributed by atoms with Crippen LogP contribution in [-0.4, -0.2) is 29.8 Å². The minimum Gasteiger partial charge on any atom is -0.464 e. The van der Waals surface area contributed by atoms with Gasteiger partial charge in [-0.25, -0.2) is 9.18 Å². The van der Waals surface area contributed by atoms with E-state index in [4.69, 9.17) is 4.74 Å². The molecular weight excluding hydrogens is 303 g/mol. The maximum Gasteiger partial charge on any atom is 0.379 e. The first kappa shape index (κ1) is 15.7. The summed E-state index contributed by atoms with van der Waals surface area (Å²) < 4.78 is 23.2. The third-order valence-electron chi connectivity index (χ3n) is 4.31. The Hall–Kier alpha value is -2.21. The summed E-state index contributed by atoms with van der Waals surface area (Å²) in [6.07, 6.45) is 1.33. The minimum atomic E-state index is -2.13. The van der Waals surface area contributed by atoms with Gasteiger partial charge in [-0.05, 0) is 24.1 Å². The van der Waals surface area contributed by atoms with Gasteiger partial charge < -0.3 is 14.6 Å². The molecule has 1 N–H and O–H groups in total. The Balaban J connectivity index is 2.08. The standard InChI is InChI=1S/C17H17FO5/c1-22-16(20)17(21)9-12(10-5-7-11(18)8-6-10)15-13(19)3-2-4-14(15)23-17/h5-8,12,21H,2-4,9H2,1H3/t12-,17?/m0/s1. The number of hydrogen-bond acceptors (Lipinski definition) is 5. The average molecular weight is 320 g/mol. The summed E-state index contributed by atoms with van der Waals surface area (Å²) in [5.74, 6) is -3.70. The number of carbonyl (C=O) groups is 2. The maximum absolute atomic E-state index is 13.2. The third-order valence-corrected chi connectivity index (χ3v) is 4.31. The van der Waals surface area contributed by atoms with Crippen LogP contribution in [0, 0.1) is 5.82 Å². The number of Topliss-reactive ketones (excluding diaryl/α,β-unsaturated/α-hetero) is 1. The van der Waals surface area contributed by atoms with Gasteiger partial charge in [0.2, 0.25) is 0 Å². The summed E-state index contributed by atoms with van der Waals surface area (Å²) in [6.45, 7) is 0. The smallest absolute Gasteiger partial charge is 0.379 e. The minimum absolute atomic E-state index is 0.0625. The molecule has 1 aliphatic heterocycles. The molecule has 6 heteroatoms. The molecule has 0 spiro atoms. The highest BCUT2D eigenvalue weighted by Crippen LogP contribution is 2.45. The van der Waals surface area contributed by atoms with Gasteiger partial charge in [0.15, 0.2) is 5.78 Å². The molecule has 2 aliphatic rings. The fourth-order valence-electron chi connectivity index (χ4n) is 3.22.